The highest BCUT2D eigenvalue weighted by Crippen LogP contribution is 2.37. The van der Waals surface area contributed by atoms with Gasteiger partial charge in [-0.3, -0.25) is 9.89 Å². The van der Waals surface area contributed by atoms with E-state index < -0.39 is 0 Å². The van der Waals surface area contributed by atoms with Gasteiger partial charge in [0, 0.05) is 24.7 Å². The molecule has 0 aliphatic carbocycles. The first-order valence-corrected chi connectivity index (χ1v) is 8.27. The Kier molecular flexibility index (Phi) is 5.09. The fourth-order valence-electron chi connectivity index (χ4n) is 3.67. The Hall–Kier alpha value is -1.58. The lowest BCUT2D eigenvalue weighted by molar-refractivity contribution is -0.138. The summed E-state index contributed by atoms with van der Waals surface area (Å²) in [5.74, 6) is 0.264. The molecule has 1 aliphatic heterocycles. The predicted octanol–water partition coefficient (Wildman–Crippen LogP) is 3.55. The summed E-state index contributed by atoms with van der Waals surface area (Å²) in [6.07, 6.45) is 6.42. The number of carbonyl (C=O) groups excluding carboxylic acids is 1. The molecule has 1 aromatic rings. The van der Waals surface area contributed by atoms with Crippen molar-refractivity contribution in [3.05, 3.63) is 29.6 Å². The molecule has 0 aromatic carbocycles. The summed E-state index contributed by atoms with van der Waals surface area (Å²) in [4.78, 5) is 14.8. The van der Waals surface area contributed by atoms with Crippen LogP contribution < -0.4 is 0 Å². The van der Waals surface area contributed by atoms with E-state index in [1.807, 2.05) is 19.9 Å². The van der Waals surface area contributed by atoms with E-state index in [1.54, 1.807) is 0 Å². The number of nitrogens with zero attached hydrogens (tertiary/aromatic N) is 2. The minimum absolute atomic E-state index is 0.170. The molecule has 1 aromatic heterocycles. The van der Waals surface area contributed by atoms with Crippen LogP contribution in [0.25, 0.3) is 0 Å². The summed E-state index contributed by atoms with van der Waals surface area (Å²) >= 11 is 0. The highest BCUT2D eigenvalue weighted by Gasteiger charge is 2.38. The Balaban J connectivity index is 2.05. The van der Waals surface area contributed by atoms with Gasteiger partial charge >= 0.3 is 0 Å². The topological polar surface area (TPSA) is 49.0 Å². The van der Waals surface area contributed by atoms with E-state index in [0.717, 1.165) is 37.2 Å². The smallest absolute Gasteiger partial charge is 0.223 e. The summed E-state index contributed by atoms with van der Waals surface area (Å²) in [5, 5.41) is 7.21. The summed E-state index contributed by atoms with van der Waals surface area (Å²) in [6, 6.07) is 0.276. The number of hydrogen-bond acceptors (Lipinski definition) is 2. The van der Waals surface area contributed by atoms with Gasteiger partial charge in [-0.05, 0) is 50.5 Å². The number of likely N-dealkylation sites (tertiary alicyclic amines) is 1. The highest BCUT2D eigenvalue weighted by atomic mass is 16.2. The first-order chi connectivity index (χ1) is 10.4. The van der Waals surface area contributed by atoms with Crippen LogP contribution in [-0.4, -0.2) is 33.6 Å². The molecule has 1 saturated heterocycles. The monoisotopic (exact) mass is 303 g/mol. The van der Waals surface area contributed by atoms with Crippen LogP contribution in [0, 0.1) is 19.3 Å². The number of aromatic amines is 1. The maximum Gasteiger partial charge on any atom is 0.223 e. The second kappa shape index (κ2) is 6.67. The molecule has 1 aliphatic rings. The molecule has 4 nitrogen and oxygen atoms in total. The largest absolute Gasteiger partial charge is 0.339 e. The summed E-state index contributed by atoms with van der Waals surface area (Å²) in [6.45, 7) is 13.3. The number of H-pyrrole nitrogens is 1. The van der Waals surface area contributed by atoms with Gasteiger partial charge in [0.05, 0.1) is 5.69 Å². The van der Waals surface area contributed by atoms with Gasteiger partial charge in [0.2, 0.25) is 5.91 Å². The lowest BCUT2D eigenvalue weighted by Gasteiger charge is -2.46. The van der Waals surface area contributed by atoms with E-state index in [4.69, 9.17) is 0 Å². The van der Waals surface area contributed by atoms with Gasteiger partial charge in [0.15, 0.2) is 0 Å². The van der Waals surface area contributed by atoms with E-state index in [9.17, 15) is 4.79 Å². The van der Waals surface area contributed by atoms with Gasteiger partial charge in [-0.25, -0.2) is 0 Å². The summed E-state index contributed by atoms with van der Waals surface area (Å²) in [5.41, 5.74) is 3.44. The molecule has 22 heavy (non-hydrogen) atoms. The van der Waals surface area contributed by atoms with Crippen LogP contribution in [0.2, 0.25) is 0 Å². The number of aromatic nitrogens is 2. The fourth-order valence-corrected chi connectivity index (χ4v) is 3.67. The Morgan fingerprint density at radius 3 is 2.82 bits per heavy atom. The van der Waals surface area contributed by atoms with Crippen molar-refractivity contribution in [1.82, 2.24) is 15.1 Å². The van der Waals surface area contributed by atoms with Crippen molar-refractivity contribution < 1.29 is 4.79 Å². The normalized spacial score (nSPS) is 20.9. The lowest BCUT2D eigenvalue weighted by atomic mass is 9.75. The minimum atomic E-state index is 0.170. The number of amides is 1. The van der Waals surface area contributed by atoms with E-state index in [1.165, 1.54) is 12.0 Å². The molecule has 1 atom stereocenters. The van der Waals surface area contributed by atoms with Crippen LogP contribution in [0.3, 0.4) is 0 Å². The molecule has 1 fully saturated rings. The number of hydrogen-bond donors (Lipinski definition) is 1. The van der Waals surface area contributed by atoms with Crippen LogP contribution in [0.4, 0.5) is 0 Å². The van der Waals surface area contributed by atoms with Crippen molar-refractivity contribution in [2.24, 2.45) is 5.41 Å². The zero-order chi connectivity index (χ0) is 16.3. The fraction of sp³-hybridized carbons (Fsp3) is 0.667. The average molecular weight is 303 g/mol. The molecule has 0 saturated carbocycles. The molecule has 4 heteroatoms. The number of rotatable bonds is 5. The third-order valence-electron chi connectivity index (χ3n) is 5.08. The maximum atomic E-state index is 12.7. The first kappa shape index (κ1) is 16.8. The van der Waals surface area contributed by atoms with Crippen molar-refractivity contribution in [2.45, 2.75) is 65.8 Å². The molecule has 122 valence electrons. The van der Waals surface area contributed by atoms with Crippen LogP contribution in [-0.2, 0) is 11.2 Å². The van der Waals surface area contributed by atoms with Crippen LogP contribution >= 0.6 is 0 Å². The number of nitrogens with one attached hydrogen (secondary N) is 1. The summed E-state index contributed by atoms with van der Waals surface area (Å²) < 4.78 is 0. The SMILES string of the molecule is C=CCC1N(C(=O)CCc2c(C)n[nH]c2C)CCCC1(C)C. The van der Waals surface area contributed by atoms with Gasteiger partial charge < -0.3 is 4.90 Å². The molecule has 1 N–H and O–H groups in total. The van der Waals surface area contributed by atoms with E-state index in [2.05, 4.69) is 35.5 Å². The molecule has 2 heterocycles. The number of piperidine rings is 1. The van der Waals surface area contributed by atoms with Crippen molar-refractivity contribution in [3.8, 4) is 0 Å². The highest BCUT2D eigenvalue weighted by molar-refractivity contribution is 5.77. The minimum Gasteiger partial charge on any atom is -0.339 e. The number of carbonyl (C=O) groups is 1. The Morgan fingerprint density at radius 1 is 1.50 bits per heavy atom. The maximum absolute atomic E-state index is 12.7. The zero-order valence-electron chi connectivity index (χ0n) is 14.4. The third kappa shape index (κ3) is 3.42. The molecule has 0 radical (unpaired) electrons. The van der Waals surface area contributed by atoms with E-state index >= 15 is 0 Å². The van der Waals surface area contributed by atoms with Gasteiger partial charge in [-0.2, -0.15) is 5.10 Å². The Morgan fingerprint density at radius 2 is 2.23 bits per heavy atom. The van der Waals surface area contributed by atoms with Crippen LogP contribution in [0.1, 0.15) is 56.5 Å². The zero-order valence-corrected chi connectivity index (χ0v) is 14.4. The Labute approximate surface area is 134 Å². The summed E-state index contributed by atoms with van der Waals surface area (Å²) in [7, 11) is 0. The lowest BCUT2D eigenvalue weighted by Crippen LogP contribution is -2.52. The second-order valence-electron chi connectivity index (χ2n) is 7.13. The van der Waals surface area contributed by atoms with Gasteiger partial charge in [0.25, 0.3) is 0 Å². The first-order valence-electron chi connectivity index (χ1n) is 8.27. The van der Waals surface area contributed by atoms with Gasteiger partial charge in [-0.15, -0.1) is 6.58 Å². The van der Waals surface area contributed by atoms with Crippen LogP contribution in [0.5, 0.6) is 0 Å². The quantitative estimate of drug-likeness (QED) is 0.846. The van der Waals surface area contributed by atoms with Crippen LogP contribution in [0.15, 0.2) is 12.7 Å². The van der Waals surface area contributed by atoms with E-state index in [0.29, 0.717) is 6.42 Å². The third-order valence-corrected chi connectivity index (χ3v) is 5.08. The predicted molar refractivity (Wildman–Crippen MR) is 89.7 cm³/mol. The molecule has 1 amide bonds. The molecule has 0 bridgehead atoms. The van der Waals surface area contributed by atoms with Gasteiger partial charge in [0.1, 0.15) is 0 Å². The molecule has 1 unspecified atom stereocenters. The molecule has 0 spiro atoms. The number of aryl methyl sites for hydroxylation is 2. The molecular formula is C18H29N3O. The van der Waals surface area contributed by atoms with Crippen molar-refractivity contribution >= 4 is 5.91 Å². The average Bonchev–Trinajstić information content (AvgIpc) is 2.77. The van der Waals surface area contributed by atoms with Crippen molar-refractivity contribution in [1.29, 1.82) is 0 Å². The Bertz CT molecular complexity index is 525. The van der Waals surface area contributed by atoms with Gasteiger partial charge in [-0.1, -0.05) is 19.9 Å². The van der Waals surface area contributed by atoms with Crippen molar-refractivity contribution in [2.75, 3.05) is 6.54 Å². The molecule has 2 rings (SSSR count). The van der Waals surface area contributed by atoms with E-state index in [-0.39, 0.29) is 17.4 Å². The van der Waals surface area contributed by atoms with Crippen molar-refractivity contribution in [3.63, 3.8) is 0 Å². The molecular weight excluding hydrogens is 274 g/mol. The second-order valence-corrected chi connectivity index (χ2v) is 7.13. The standard InChI is InChI=1S/C18H29N3O/c1-6-8-16-18(4,5)11-7-12-21(16)17(22)10-9-15-13(2)19-20-14(15)3/h6,16H,1,7-12H2,2-5H3,(H,19,20).